The van der Waals surface area contributed by atoms with E-state index in [4.69, 9.17) is 9.47 Å². The van der Waals surface area contributed by atoms with Gasteiger partial charge in [0.05, 0.1) is 6.61 Å². The molecule has 1 fully saturated rings. The molecule has 1 unspecified atom stereocenters. The molecule has 1 aliphatic heterocycles. The van der Waals surface area contributed by atoms with Crippen LogP contribution in [0.5, 0.6) is 5.75 Å². The molecule has 0 aromatic heterocycles. The molecule has 4 nitrogen and oxygen atoms in total. The largest absolute Gasteiger partial charge is 0.481 e. The van der Waals surface area contributed by atoms with E-state index in [1.807, 2.05) is 0 Å². The van der Waals surface area contributed by atoms with E-state index in [-0.39, 0.29) is 18.3 Å². The molecule has 0 radical (unpaired) electrons. The number of hydrogen-bond acceptors (Lipinski definition) is 3. The Bertz CT molecular complexity index is 450. The zero-order valence-corrected chi connectivity index (χ0v) is 11.7. The minimum atomic E-state index is -0.448. The smallest absolute Gasteiger partial charge is 0.260 e. The first-order valence-electron chi connectivity index (χ1n) is 6.84. The maximum atomic E-state index is 13.4. The van der Waals surface area contributed by atoms with Crippen LogP contribution >= 0.6 is 0 Å². The summed E-state index contributed by atoms with van der Waals surface area (Å²) < 4.78 is 23.8. The molecule has 1 heterocycles. The van der Waals surface area contributed by atoms with Crippen LogP contribution in [-0.2, 0) is 9.53 Å². The van der Waals surface area contributed by atoms with Gasteiger partial charge in [-0.3, -0.25) is 4.79 Å². The van der Waals surface area contributed by atoms with Crippen LogP contribution in [0.3, 0.4) is 0 Å². The fraction of sp³-hybridized carbons (Fsp3) is 0.533. The number of nitrogens with zero attached hydrogens (tertiary/aromatic N) is 1. The van der Waals surface area contributed by atoms with Gasteiger partial charge in [0.1, 0.15) is 0 Å². The lowest BCUT2D eigenvalue weighted by molar-refractivity contribution is -0.135. The minimum Gasteiger partial charge on any atom is -0.481 e. The number of methoxy groups -OCH3 is 1. The number of carbonyl (C=O) groups is 1. The molecular formula is C15H20FNO3. The highest BCUT2D eigenvalue weighted by Gasteiger charge is 2.23. The molecule has 0 N–H and O–H groups in total. The van der Waals surface area contributed by atoms with E-state index >= 15 is 0 Å². The Labute approximate surface area is 118 Å². The number of benzene rings is 1. The van der Waals surface area contributed by atoms with Crippen molar-refractivity contribution >= 4 is 5.91 Å². The van der Waals surface area contributed by atoms with Gasteiger partial charge in [0.15, 0.2) is 18.2 Å². The van der Waals surface area contributed by atoms with Crippen LogP contribution < -0.4 is 4.74 Å². The van der Waals surface area contributed by atoms with E-state index in [1.165, 1.54) is 12.1 Å². The first kappa shape index (κ1) is 14.8. The van der Waals surface area contributed by atoms with Crippen molar-refractivity contribution in [2.75, 3.05) is 33.4 Å². The van der Waals surface area contributed by atoms with Crippen molar-refractivity contribution in [1.82, 2.24) is 4.90 Å². The van der Waals surface area contributed by atoms with Gasteiger partial charge in [-0.2, -0.15) is 0 Å². The Hall–Kier alpha value is -1.62. The predicted molar refractivity (Wildman–Crippen MR) is 73.1 cm³/mol. The maximum absolute atomic E-state index is 13.4. The van der Waals surface area contributed by atoms with Crippen molar-refractivity contribution in [3.8, 4) is 5.75 Å². The first-order valence-corrected chi connectivity index (χ1v) is 6.84. The maximum Gasteiger partial charge on any atom is 0.260 e. The van der Waals surface area contributed by atoms with Gasteiger partial charge in [0, 0.05) is 20.2 Å². The molecule has 1 aliphatic rings. The molecule has 0 bridgehead atoms. The Morgan fingerprint density at radius 1 is 1.45 bits per heavy atom. The van der Waals surface area contributed by atoms with Crippen molar-refractivity contribution in [2.24, 2.45) is 5.92 Å². The zero-order valence-electron chi connectivity index (χ0n) is 11.7. The molecule has 1 aromatic rings. The SMILES string of the molecule is COCC1CCCN(C(=O)COc2ccccc2F)C1. The molecule has 0 spiro atoms. The lowest BCUT2D eigenvalue weighted by Gasteiger charge is -2.32. The quantitative estimate of drug-likeness (QED) is 0.829. The van der Waals surface area contributed by atoms with E-state index < -0.39 is 5.82 Å². The summed E-state index contributed by atoms with van der Waals surface area (Å²) in [5.41, 5.74) is 0. The van der Waals surface area contributed by atoms with E-state index in [9.17, 15) is 9.18 Å². The van der Waals surface area contributed by atoms with E-state index in [0.29, 0.717) is 19.1 Å². The molecule has 5 heteroatoms. The molecule has 1 aromatic carbocycles. The Balaban J connectivity index is 1.84. The van der Waals surface area contributed by atoms with Crippen LogP contribution in [0.25, 0.3) is 0 Å². The molecule has 0 saturated carbocycles. The first-order chi connectivity index (χ1) is 9.70. The fourth-order valence-electron chi connectivity index (χ4n) is 2.46. The summed E-state index contributed by atoms with van der Waals surface area (Å²) in [6, 6.07) is 6.10. The third kappa shape index (κ3) is 3.93. The minimum absolute atomic E-state index is 0.103. The monoisotopic (exact) mass is 281 g/mol. The highest BCUT2D eigenvalue weighted by Crippen LogP contribution is 2.18. The van der Waals surface area contributed by atoms with Gasteiger partial charge in [0.25, 0.3) is 5.91 Å². The van der Waals surface area contributed by atoms with E-state index in [1.54, 1.807) is 24.1 Å². The van der Waals surface area contributed by atoms with Crippen molar-refractivity contribution in [2.45, 2.75) is 12.8 Å². The number of para-hydroxylation sites is 1. The molecule has 1 amide bonds. The summed E-state index contributed by atoms with van der Waals surface area (Å²) in [4.78, 5) is 13.8. The summed E-state index contributed by atoms with van der Waals surface area (Å²) in [7, 11) is 1.67. The normalized spacial score (nSPS) is 18.9. The number of piperidine rings is 1. The zero-order chi connectivity index (χ0) is 14.4. The number of likely N-dealkylation sites (tertiary alicyclic amines) is 1. The number of rotatable bonds is 5. The summed E-state index contributed by atoms with van der Waals surface area (Å²) >= 11 is 0. The van der Waals surface area contributed by atoms with Crippen LogP contribution in [0.2, 0.25) is 0 Å². The third-order valence-corrected chi connectivity index (χ3v) is 3.46. The average molecular weight is 281 g/mol. The lowest BCUT2D eigenvalue weighted by Crippen LogP contribution is -2.43. The summed E-state index contributed by atoms with van der Waals surface area (Å²) in [5.74, 6) is -0.0530. The molecule has 20 heavy (non-hydrogen) atoms. The van der Waals surface area contributed by atoms with Crippen molar-refractivity contribution < 1.29 is 18.7 Å². The Morgan fingerprint density at radius 2 is 2.25 bits per heavy atom. The van der Waals surface area contributed by atoms with Gasteiger partial charge < -0.3 is 14.4 Å². The lowest BCUT2D eigenvalue weighted by atomic mass is 9.99. The van der Waals surface area contributed by atoms with Gasteiger partial charge in [-0.05, 0) is 30.9 Å². The summed E-state index contributed by atoms with van der Waals surface area (Å²) in [6.45, 7) is 1.96. The second-order valence-electron chi connectivity index (χ2n) is 5.02. The van der Waals surface area contributed by atoms with Crippen molar-refractivity contribution in [3.63, 3.8) is 0 Å². The number of ether oxygens (including phenoxy) is 2. The van der Waals surface area contributed by atoms with Gasteiger partial charge in [-0.15, -0.1) is 0 Å². The molecule has 2 rings (SSSR count). The predicted octanol–water partition coefficient (Wildman–Crippen LogP) is 2.09. The fourth-order valence-corrected chi connectivity index (χ4v) is 2.46. The topological polar surface area (TPSA) is 38.8 Å². The highest BCUT2D eigenvalue weighted by molar-refractivity contribution is 5.77. The molecule has 110 valence electrons. The highest BCUT2D eigenvalue weighted by atomic mass is 19.1. The van der Waals surface area contributed by atoms with Crippen molar-refractivity contribution in [1.29, 1.82) is 0 Å². The van der Waals surface area contributed by atoms with E-state index in [0.717, 1.165) is 19.4 Å². The van der Waals surface area contributed by atoms with Gasteiger partial charge >= 0.3 is 0 Å². The Kier molecular flexibility index (Phi) is 5.35. The number of amides is 1. The number of hydrogen-bond donors (Lipinski definition) is 0. The molecule has 1 atom stereocenters. The van der Waals surface area contributed by atoms with E-state index in [2.05, 4.69) is 0 Å². The van der Waals surface area contributed by atoms with Crippen LogP contribution in [0.1, 0.15) is 12.8 Å². The molecular weight excluding hydrogens is 261 g/mol. The van der Waals surface area contributed by atoms with Gasteiger partial charge in [0.2, 0.25) is 0 Å². The van der Waals surface area contributed by atoms with Crippen LogP contribution in [0.15, 0.2) is 24.3 Å². The van der Waals surface area contributed by atoms with Crippen LogP contribution in [-0.4, -0.2) is 44.2 Å². The van der Waals surface area contributed by atoms with Gasteiger partial charge in [-0.25, -0.2) is 4.39 Å². The second-order valence-corrected chi connectivity index (χ2v) is 5.02. The van der Waals surface area contributed by atoms with Gasteiger partial charge in [-0.1, -0.05) is 12.1 Å². The van der Waals surface area contributed by atoms with Crippen LogP contribution in [0.4, 0.5) is 4.39 Å². The third-order valence-electron chi connectivity index (χ3n) is 3.46. The number of carbonyl (C=O) groups excluding carboxylic acids is 1. The molecule has 0 aliphatic carbocycles. The average Bonchev–Trinajstić information content (AvgIpc) is 2.47. The number of halogens is 1. The van der Waals surface area contributed by atoms with Crippen molar-refractivity contribution in [3.05, 3.63) is 30.1 Å². The van der Waals surface area contributed by atoms with Crippen LogP contribution in [0, 0.1) is 11.7 Å². The standard InChI is InChI=1S/C15H20FNO3/c1-19-10-12-5-4-8-17(9-12)15(18)11-20-14-7-3-2-6-13(14)16/h2-3,6-7,12H,4-5,8-11H2,1H3. The second kappa shape index (κ2) is 7.24. The Morgan fingerprint density at radius 3 is 3.00 bits per heavy atom. The summed E-state index contributed by atoms with van der Waals surface area (Å²) in [5, 5.41) is 0. The molecule has 1 saturated heterocycles. The summed E-state index contributed by atoms with van der Waals surface area (Å²) in [6.07, 6.45) is 2.05.